The molecule has 2 atom stereocenters. The SMILES string of the molecule is O=C(/C=C(/c1ccccc1)N1[C@H](c2ccccc2)[C@@H]1c1ccccc1)C(F)(F)F. The second kappa shape index (κ2) is 7.59. The molecule has 1 aliphatic rings. The lowest BCUT2D eigenvalue weighted by molar-refractivity contribution is -0.165. The van der Waals surface area contributed by atoms with E-state index in [1.54, 1.807) is 30.3 Å². The zero-order valence-electron chi connectivity index (χ0n) is 15.4. The molecule has 0 spiro atoms. The van der Waals surface area contributed by atoms with Crippen molar-refractivity contribution in [3.63, 3.8) is 0 Å². The third kappa shape index (κ3) is 3.94. The number of halogens is 3. The van der Waals surface area contributed by atoms with Crippen LogP contribution in [0.15, 0.2) is 97.1 Å². The maximum atomic E-state index is 13.0. The molecule has 1 heterocycles. The predicted octanol–water partition coefficient (Wildman–Crippen LogP) is 5.96. The van der Waals surface area contributed by atoms with Gasteiger partial charge in [-0.3, -0.25) is 4.79 Å². The quantitative estimate of drug-likeness (QED) is 0.394. The minimum Gasteiger partial charge on any atom is -0.352 e. The number of carbonyl (C=O) groups excluding carboxylic acids is 1. The fraction of sp³-hybridized carbons (Fsp3) is 0.125. The van der Waals surface area contributed by atoms with Crippen LogP contribution in [-0.2, 0) is 4.79 Å². The molecular weight excluding hydrogens is 375 g/mol. The highest BCUT2D eigenvalue weighted by Gasteiger charge is 2.51. The van der Waals surface area contributed by atoms with Gasteiger partial charge in [0.15, 0.2) is 0 Å². The van der Waals surface area contributed by atoms with Crippen molar-refractivity contribution in [3.05, 3.63) is 114 Å². The first kappa shape index (κ1) is 19.0. The molecule has 29 heavy (non-hydrogen) atoms. The van der Waals surface area contributed by atoms with Crippen LogP contribution >= 0.6 is 0 Å². The summed E-state index contributed by atoms with van der Waals surface area (Å²) in [5, 5.41) is 0. The van der Waals surface area contributed by atoms with Crippen molar-refractivity contribution < 1.29 is 18.0 Å². The average molecular weight is 393 g/mol. The van der Waals surface area contributed by atoms with Gasteiger partial charge in [0, 0.05) is 11.8 Å². The van der Waals surface area contributed by atoms with Crippen molar-refractivity contribution in [2.75, 3.05) is 0 Å². The maximum Gasteiger partial charge on any atom is 0.454 e. The van der Waals surface area contributed by atoms with E-state index in [2.05, 4.69) is 0 Å². The molecule has 2 nitrogen and oxygen atoms in total. The van der Waals surface area contributed by atoms with E-state index in [-0.39, 0.29) is 17.8 Å². The highest BCUT2D eigenvalue weighted by molar-refractivity contribution is 6.00. The van der Waals surface area contributed by atoms with Crippen LogP contribution in [0.5, 0.6) is 0 Å². The zero-order valence-corrected chi connectivity index (χ0v) is 15.4. The Morgan fingerprint density at radius 1 is 0.724 bits per heavy atom. The summed E-state index contributed by atoms with van der Waals surface area (Å²) >= 11 is 0. The first-order chi connectivity index (χ1) is 14.0. The summed E-state index contributed by atoms with van der Waals surface area (Å²) in [4.78, 5) is 13.7. The second-order valence-corrected chi connectivity index (χ2v) is 6.88. The molecule has 0 aromatic heterocycles. The predicted molar refractivity (Wildman–Crippen MR) is 106 cm³/mol. The van der Waals surface area contributed by atoms with Crippen LogP contribution < -0.4 is 0 Å². The van der Waals surface area contributed by atoms with Crippen LogP contribution in [-0.4, -0.2) is 16.9 Å². The van der Waals surface area contributed by atoms with Crippen molar-refractivity contribution in [3.8, 4) is 0 Å². The van der Waals surface area contributed by atoms with Crippen molar-refractivity contribution in [1.82, 2.24) is 4.90 Å². The smallest absolute Gasteiger partial charge is 0.352 e. The van der Waals surface area contributed by atoms with Gasteiger partial charge in [-0.25, -0.2) is 0 Å². The van der Waals surface area contributed by atoms with Gasteiger partial charge in [-0.1, -0.05) is 91.0 Å². The Bertz CT molecular complexity index is 969. The normalized spacial score (nSPS) is 19.1. The molecule has 0 aliphatic carbocycles. The van der Waals surface area contributed by atoms with Gasteiger partial charge < -0.3 is 4.90 Å². The third-order valence-electron chi connectivity index (χ3n) is 4.99. The van der Waals surface area contributed by atoms with Gasteiger partial charge in [-0.2, -0.15) is 13.2 Å². The number of hydrogen-bond acceptors (Lipinski definition) is 2. The summed E-state index contributed by atoms with van der Waals surface area (Å²) in [5.74, 6) is -1.86. The van der Waals surface area contributed by atoms with Gasteiger partial charge in [0.1, 0.15) is 0 Å². The van der Waals surface area contributed by atoms with E-state index < -0.39 is 12.0 Å². The van der Waals surface area contributed by atoms with Gasteiger partial charge in [0.2, 0.25) is 0 Å². The Labute approximate surface area is 166 Å². The van der Waals surface area contributed by atoms with Crippen molar-refractivity contribution in [1.29, 1.82) is 0 Å². The Balaban J connectivity index is 1.81. The van der Waals surface area contributed by atoms with E-state index in [4.69, 9.17) is 0 Å². The van der Waals surface area contributed by atoms with Crippen LogP contribution in [0.4, 0.5) is 13.2 Å². The fourth-order valence-electron chi connectivity index (χ4n) is 3.64. The van der Waals surface area contributed by atoms with Gasteiger partial charge in [0.05, 0.1) is 12.1 Å². The Morgan fingerprint density at radius 2 is 1.14 bits per heavy atom. The number of alkyl halides is 3. The first-order valence-corrected chi connectivity index (χ1v) is 9.23. The van der Waals surface area contributed by atoms with Crippen LogP contribution in [0.2, 0.25) is 0 Å². The van der Waals surface area contributed by atoms with E-state index in [0.717, 1.165) is 11.1 Å². The lowest BCUT2D eigenvalue weighted by Crippen LogP contribution is -2.21. The summed E-state index contributed by atoms with van der Waals surface area (Å²) in [7, 11) is 0. The van der Waals surface area contributed by atoms with Gasteiger partial charge in [-0.15, -0.1) is 0 Å². The van der Waals surface area contributed by atoms with E-state index in [9.17, 15) is 18.0 Å². The minimum absolute atomic E-state index is 0.147. The van der Waals surface area contributed by atoms with Gasteiger partial charge in [0.25, 0.3) is 5.78 Å². The Hall–Kier alpha value is -3.34. The molecule has 5 heteroatoms. The van der Waals surface area contributed by atoms with Gasteiger partial charge >= 0.3 is 6.18 Å². The summed E-state index contributed by atoms with van der Waals surface area (Å²) in [6.07, 6.45) is -4.20. The fourth-order valence-corrected chi connectivity index (χ4v) is 3.64. The third-order valence-corrected chi connectivity index (χ3v) is 4.99. The molecular formula is C24H18F3NO. The molecule has 0 radical (unpaired) electrons. The average Bonchev–Trinajstić information content (AvgIpc) is 3.48. The largest absolute Gasteiger partial charge is 0.454 e. The molecule has 1 aliphatic heterocycles. The van der Waals surface area contributed by atoms with E-state index >= 15 is 0 Å². The summed E-state index contributed by atoms with van der Waals surface area (Å²) in [6.45, 7) is 0. The Morgan fingerprint density at radius 3 is 1.55 bits per heavy atom. The lowest BCUT2D eigenvalue weighted by Gasteiger charge is -2.13. The van der Waals surface area contributed by atoms with Crippen LogP contribution in [0.3, 0.4) is 0 Å². The van der Waals surface area contributed by atoms with Crippen molar-refractivity contribution >= 4 is 11.5 Å². The van der Waals surface area contributed by atoms with Crippen molar-refractivity contribution in [2.45, 2.75) is 18.3 Å². The van der Waals surface area contributed by atoms with E-state index in [0.29, 0.717) is 11.6 Å². The monoisotopic (exact) mass is 393 g/mol. The Kier molecular flexibility index (Phi) is 4.97. The van der Waals surface area contributed by atoms with Crippen LogP contribution in [0.1, 0.15) is 28.8 Å². The minimum atomic E-state index is -4.92. The van der Waals surface area contributed by atoms with Gasteiger partial charge in [-0.05, 0) is 16.7 Å². The number of benzene rings is 3. The molecule has 0 N–H and O–H groups in total. The number of hydrogen-bond donors (Lipinski definition) is 0. The van der Waals surface area contributed by atoms with Crippen LogP contribution in [0.25, 0.3) is 5.70 Å². The summed E-state index contributed by atoms with van der Waals surface area (Å²) in [5.41, 5.74) is 2.82. The summed E-state index contributed by atoms with van der Waals surface area (Å²) < 4.78 is 39.1. The maximum absolute atomic E-state index is 13.0. The molecule has 3 aromatic carbocycles. The number of allylic oxidation sites excluding steroid dienone is 1. The molecule has 0 saturated carbocycles. The molecule has 0 unspecified atom stereocenters. The lowest BCUT2D eigenvalue weighted by atomic mass is 10.0. The highest BCUT2D eigenvalue weighted by Crippen LogP contribution is 2.59. The molecule has 3 aromatic rings. The zero-order chi connectivity index (χ0) is 20.4. The molecule has 146 valence electrons. The van der Waals surface area contributed by atoms with Crippen molar-refractivity contribution in [2.24, 2.45) is 0 Å². The number of carbonyl (C=O) groups is 1. The molecule has 1 fully saturated rings. The standard InChI is InChI=1S/C24H18F3NO/c25-24(26,27)21(29)16-20(17-10-4-1-5-11-17)28-22(18-12-6-2-7-13-18)23(28)19-14-8-3-9-15-19/h1-16,22-23H/b20-16-/t22-,23+,28?. The number of ketones is 1. The molecule has 0 amide bonds. The summed E-state index contributed by atoms with van der Waals surface area (Å²) in [6, 6.07) is 27.7. The second-order valence-electron chi connectivity index (χ2n) is 6.88. The number of rotatable bonds is 5. The topological polar surface area (TPSA) is 20.1 Å². The first-order valence-electron chi connectivity index (χ1n) is 9.23. The van der Waals surface area contributed by atoms with Crippen LogP contribution in [0, 0.1) is 0 Å². The highest BCUT2D eigenvalue weighted by atomic mass is 19.4. The van der Waals surface area contributed by atoms with E-state index in [1.165, 1.54) is 0 Å². The molecule has 4 rings (SSSR count). The van der Waals surface area contributed by atoms with E-state index in [1.807, 2.05) is 65.6 Å². The molecule has 1 saturated heterocycles. The number of nitrogens with zero attached hydrogens (tertiary/aromatic N) is 1. The molecule has 0 bridgehead atoms.